The molecule has 1 N–H and O–H groups in total. The van der Waals surface area contributed by atoms with Gasteiger partial charge in [-0.3, -0.25) is 4.90 Å². The summed E-state index contributed by atoms with van der Waals surface area (Å²) in [4.78, 5) is 4.06. The Bertz CT molecular complexity index is 432. The van der Waals surface area contributed by atoms with E-state index in [9.17, 15) is 0 Å². The zero-order valence-electron chi connectivity index (χ0n) is 13.6. The maximum Gasteiger partial charge on any atom is 0.203 e. The highest BCUT2D eigenvalue weighted by Gasteiger charge is 2.18. The number of nitrogens with one attached hydrogen (secondary N) is 1. The summed E-state index contributed by atoms with van der Waals surface area (Å²) in [6.45, 7) is 5.96. The normalized spacial score (nSPS) is 16.8. The molecule has 0 radical (unpaired) electrons. The van der Waals surface area contributed by atoms with Crippen LogP contribution in [0.25, 0.3) is 0 Å². The molecule has 118 valence electrons. The quantitative estimate of drug-likeness (QED) is 0.806. The van der Waals surface area contributed by atoms with Crippen LogP contribution >= 0.6 is 0 Å². The van der Waals surface area contributed by atoms with Crippen LogP contribution < -0.4 is 19.1 Å². The van der Waals surface area contributed by atoms with Crippen molar-refractivity contribution >= 4 is 0 Å². The lowest BCUT2D eigenvalue weighted by Gasteiger charge is -2.29. The Morgan fingerprint density at radius 2 is 1.57 bits per heavy atom. The number of benzene rings is 1. The lowest BCUT2D eigenvalue weighted by atomic mass is 10.1. The molecule has 1 saturated heterocycles. The fraction of sp³-hybridized carbons (Fsp3) is 0.625. The molecule has 21 heavy (non-hydrogen) atoms. The van der Waals surface area contributed by atoms with Crippen molar-refractivity contribution < 1.29 is 19.1 Å². The summed E-state index contributed by atoms with van der Waals surface area (Å²) < 4.78 is 16.2. The third-order valence-electron chi connectivity index (χ3n) is 4.19. The Kier molecular flexibility index (Phi) is 5.70. The molecule has 5 heteroatoms. The monoisotopic (exact) mass is 295 g/mol. The van der Waals surface area contributed by atoms with E-state index in [4.69, 9.17) is 14.2 Å². The van der Waals surface area contributed by atoms with Gasteiger partial charge in [-0.25, -0.2) is 0 Å². The van der Waals surface area contributed by atoms with Crippen LogP contribution in [0, 0.1) is 0 Å². The Hall–Kier alpha value is -1.46. The highest BCUT2D eigenvalue weighted by molar-refractivity contribution is 5.53. The van der Waals surface area contributed by atoms with Crippen molar-refractivity contribution in [1.29, 1.82) is 0 Å². The van der Waals surface area contributed by atoms with Crippen LogP contribution in [0.4, 0.5) is 0 Å². The minimum atomic E-state index is 0.663. The van der Waals surface area contributed by atoms with Crippen LogP contribution in [0.2, 0.25) is 0 Å². The summed E-state index contributed by atoms with van der Waals surface area (Å²) in [5, 5.41) is 0. The fourth-order valence-electron chi connectivity index (χ4n) is 2.79. The first-order valence-electron chi connectivity index (χ1n) is 7.49. The van der Waals surface area contributed by atoms with Gasteiger partial charge < -0.3 is 19.1 Å². The number of likely N-dealkylation sites (N-methyl/N-ethyl adjacent to an activating group) is 1. The van der Waals surface area contributed by atoms with Crippen molar-refractivity contribution in [3.8, 4) is 17.2 Å². The number of hydrogen-bond acceptors (Lipinski definition) is 4. The molecule has 1 aliphatic heterocycles. The molecule has 1 heterocycles. The third kappa shape index (κ3) is 4.02. The average Bonchev–Trinajstić information content (AvgIpc) is 2.53. The zero-order chi connectivity index (χ0) is 15.2. The smallest absolute Gasteiger partial charge is 0.203 e. The molecule has 0 atom stereocenters. The number of methoxy groups -OCH3 is 3. The number of nitrogens with zero attached hydrogens (tertiary/aromatic N) is 1. The van der Waals surface area contributed by atoms with E-state index >= 15 is 0 Å². The second kappa shape index (κ2) is 7.52. The maximum absolute atomic E-state index is 5.41. The number of hydrogen-bond donors (Lipinski definition) is 1. The van der Waals surface area contributed by atoms with Gasteiger partial charge in [0.2, 0.25) is 5.75 Å². The van der Waals surface area contributed by atoms with E-state index in [1.807, 2.05) is 0 Å². The molecule has 5 nitrogen and oxygen atoms in total. The predicted octanol–water partition coefficient (Wildman–Crippen LogP) is 0.0852. The molecule has 0 bridgehead atoms. The van der Waals surface area contributed by atoms with E-state index < -0.39 is 0 Å². The molecule has 0 amide bonds. The summed E-state index contributed by atoms with van der Waals surface area (Å²) in [6, 6.07) is 4.10. The molecule has 1 aromatic carbocycles. The van der Waals surface area contributed by atoms with Gasteiger partial charge >= 0.3 is 0 Å². The number of piperazine rings is 1. The van der Waals surface area contributed by atoms with E-state index in [0.717, 1.165) is 24.5 Å². The number of rotatable bonds is 6. The Morgan fingerprint density at radius 3 is 2.05 bits per heavy atom. The van der Waals surface area contributed by atoms with Crippen molar-refractivity contribution in [1.82, 2.24) is 4.90 Å². The number of quaternary nitrogens is 1. The molecule has 1 fully saturated rings. The topological polar surface area (TPSA) is 35.4 Å². The Balaban J connectivity index is 2.02. The molecule has 0 unspecified atom stereocenters. The van der Waals surface area contributed by atoms with E-state index in [0.29, 0.717) is 5.75 Å². The fourth-order valence-corrected chi connectivity index (χ4v) is 2.79. The summed E-state index contributed by atoms with van der Waals surface area (Å²) in [5.74, 6) is 2.14. The Morgan fingerprint density at radius 1 is 1.00 bits per heavy atom. The first-order valence-corrected chi connectivity index (χ1v) is 7.49. The van der Waals surface area contributed by atoms with Crippen LogP contribution in [-0.2, 0) is 6.42 Å². The Labute approximate surface area is 127 Å². The molecule has 1 aliphatic rings. The van der Waals surface area contributed by atoms with Crippen LogP contribution in [0.1, 0.15) is 5.56 Å². The lowest BCUT2D eigenvalue weighted by molar-refractivity contribution is -0.904. The zero-order valence-corrected chi connectivity index (χ0v) is 13.6. The first-order chi connectivity index (χ1) is 10.2. The molecule has 2 rings (SSSR count). The minimum Gasteiger partial charge on any atom is -0.493 e. The first kappa shape index (κ1) is 15.9. The van der Waals surface area contributed by atoms with Crippen molar-refractivity contribution in [2.45, 2.75) is 6.42 Å². The molecule has 1 aromatic rings. The van der Waals surface area contributed by atoms with Crippen molar-refractivity contribution in [3.63, 3.8) is 0 Å². The van der Waals surface area contributed by atoms with Gasteiger partial charge in [0.25, 0.3) is 0 Å². The van der Waals surface area contributed by atoms with Gasteiger partial charge in [0.05, 0.1) is 41.0 Å². The largest absolute Gasteiger partial charge is 0.493 e. The van der Waals surface area contributed by atoms with Gasteiger partial charge in [0.15, 0.2) is 11.5 Å². The van der Waals surface area contributed by atoms with Gasteiger partial charge in [-0.05, 0) is 24.7 Å². The van der Waals surface area contributed by atoms with Crippen molar-refractivity contribution in [2.75, 3.05) is 61.1 Å². The molecule has 0 aromatic heterocycles. The van der Waals surface area contributed by atoms with E-state index in [1.54, 1.807) is 26.2 Å². The van der Waals surface area contributed by atoms with E-state index in [-0.39, 0.29) is 0 Å². The molecular formula is C16H27N2O3+. The average molecular weight is 295 g/mol. The second-order valence-corrected chi connectivity index (χ2v) is 5.59. The van der Waals surface area contributed by atoms with Crippen molar-refractivity contribution in [2.24, 2.45) is 0 Å². The summed E-state index contributed by atoms with van der Waals surface area (Å²) in [6.07, 6.45) is 1.02. The van der Waals surface area contributed by atoms with Crippen LogP contribution in [-0.4, -0.2) is 66.0 Å². The van der Waals surface area contributed by atoms with Gasteiger partial charge in [-0.1, -0.05) is 0 Å². The minimum absolute atomic E-state index is 0.663. The maximum atomic E-state index is 5.41. The summed E-state index contributed by atoms with van der Waals surface area (Å²) >= 11 is 0. The molecule has 0 saturated carbocycles. The lowest BCUT2D eigenvalue weighted by Crippen LogP contribution is -3.15. The summed E-state index contributed by atoms with van der Waals surface area (Å²) in [7, 11) is 7.14. The molecule has 0 spiro atoms. The highest BCUT2D eigenvalue weighted by atomic mass is 16.5. The van der Waals surface area contributed by atoms with Crippen LogP contribution in [0.3, 0.4) is 0 Å². The van der Waals surface area contributed by atoms with Gasteiger partial charge in [-0.2, -0.15) is 0 Å². The second-order valence-electron chi connectivity index (χ2n) is 5.59. The standard InChI is InChI=1S/C16H26N2O3/c1-17-7-9-18(10-8-17)6-5-13-11-14(19-2)16(21-4)15(12-13)20-3/h11-12H,5-10H2,1-4H3/p+1. The highest BCUT2D eigenvalue weighted by Crippen LogP contribution is 2.38. The predicted molar refractivity (Wildman–Crippen MR) is 82.9 cm³/mol. The number of ether oxygens (including phenoxy) is 3. The molecule has 0 aliphatic carbocycles. The van der Waals surface area contributed by atoms with Gasteiger partial charge in [0, 0.05) is 19.5 Å². The van der Waals surface area contributed by atoms with Crippen LogP contribution in [0.5, 0.6) is 17.2 Å². The van der Waals surface area contributed by atoms with Gasteiger partial charge in [0.1, 0.15) is 0 Å². The molecular weight excluding hydrogens is 268 g/mol. The SMILES string of the molecule is COc1cc(CC[NH+]2CCN(C)CC2)cc(OC)c1OC. The third-order valence-corrected chi connectivity index (χ3v) is 4.19. The van der Waals surface area contributed by atoms with Crippen LogP contribution in [0.15, 0.2) is 12.1 Å². The van der Waals surface area contributed by atoms with Crippen molar-refractivity contribution in [3.05, 3.63) is 17.7 Å². The van der Waals surface area contributed by atoms with E-state index in [2.05, 4.69) is 24.1 Å². The van der Waals surface area contributed by atoms with E-state index in [1.165, 1.54) is 31.7 Å². The summed E-state index contributed by atoms with van der Waals surface area (Å²) in [5.41, 5.74) is 1.23. The van der Waals surface area contributed by atoms with Gasteiger partial charge in [-0.15, -0.1) is 0 Å².